The molecule has 5 nitrogen and oxygen atoms in total. The topological polar surface area (TPSA) is 62.7 Å². The van der Waals surface area contributed by atoms with Gasteiger partial charge in [0.15, 0.2) is 0 Å². The zero-order valence-corrected chi connectivity index (χ0v) is 8.40. The molecule has 2 aromatic rings. The van der Waals surface area contributed by atoms with Gasteiger partial charge in [0.2, 0.25) is 0 Å². The molecule has 78 valence electrons. The van der Waals surface area contributed by atoms with Crippen LogP contribution < -0.4 is 5.32 Å². The van der Waals surface area contributed by atoms with Gasteiger partial charge in [-0.25, -0.2) is 0 Å². The van der Waals surface area contributed by atoms with Gasteiger partial charge >= 0.3 is 0 Å². The molecule has 0 aliphatic carbocycles. The lowest BCUT2D eigenvalue weighted by molar-refractivity contribution is 0.0946. The fourth-order valence-corrected chi connectivity index (χ4v) is 1.31. The van der Waals surface area contributed by atoms with Crippen LogP contribution in [0.5, 0.6) is 0 Å². The molecule has 5 heteroatoms. The van der Waals surface area contributed by atoms with E-state index in [0.29, 0.717) is 12.2 Å². The molecule has 0 spiro atoms. The number of hydrogen-bond donors (Lipinski definition) is 2. The molecule has 1 amide bonds. The number of rotatable bonds is 3. The summed E-state index contributed by atoms with van der Waals surface area (Å²) in [6, 6.07) is 3.53. The van der Waals surface area contributed by atoms with Crippen LogP contribution in [0, 0.1) is 0 Å². The highest BCUT2D eigenvalue weighted by atomic mass is 16.1. The van der Waals surface area contributed by atoms with E-state index >= 15 is 0 Å². The number of hydrogen-bond acceptors (Lipinski definition) is 2. The van der Waals surface area contributed by atoms with Gasteiger partial charge in [-0.05, 0) is 12.1 Å². The second-order valence-electron chi connectivity index (χ2n) is 3.29. The third-order valence-corrected chi connectivity index (χ3v) is 2.05. The second kappa shape index (κ2) is 4.00. The van der Waals surface area contributed by atoms with E-state index in [1.807, 2.05) is 13.2 Å². The molecule has 0 aliphatic heterocycles. The molecule has 15 heavy (non-hydrogen) atoms. The molecule has 2 aromatic heterocycles. The third-order valence-electron chi connectivity index (χ3n) is 2.05. The van der Waals surface area contributed by atoms with Crippen molar-refractivity contribution in [1.82, 2.24) is 20.1 Å². The number of amides is 1. The Balaban J connectivity index is 1.91. The van der Waals surface area contributed by atoms with E-state index in [1.54, 1.807) is 29.2 Å². The van der Waals surface area contributed by atoms with E-state index in [-0.39, 0.29) is 5.91 Å². The second-order valence-corrected chi connectivity index (χ2v) is 3.29. The third kappa shape index (κ3) is 2.25. The van der Waals surface area contributed by atoms with Gasteiger partial charge in [0.25, 0.3) is 5.91 Å². The van der Waals surface area contributed by atoms with Gasteiger partial charge in [0.05, 0.1) is 6.20 Å². The minimum Gasteiger partial charge on any atom is -0.357 e. The summed E-state index contributed by atoms with van der Waals surface area (Å²) in [5, 5.41) is 6.81. The monoisotopic (exact) mass is 204 g/mol. The Bertz CT molecular complexity index is 444. The number of aryl methyl sites for hydroxylation is 1. The Morgan fingerprint density at radius 3 is 3.13 bits per heavy atom. The van der Waals surface area contributed by atoms with Gasteiger partial charge in [-0.3, -0.25) is 9.48 Å². The number of carbonyl (C=O) groups excluding carboxylic acids is 1. The van der Waals surface area contributed by atoms with Crippen molar-refractivity contribution in [2.45, 2.75) is 6.54 Å². The lowest BCUT2D eigenvalue weighted by Gasteiger charge is -2.00. The lowest BCUT2D eigenvalue weighted by Crippen LogP contribution is -2.22. The summed E-state index contributed by atoms with van der Waals surface area (Å²) < 4.78 is 1.70. The van der Waals surface area contributed by atoms with Crippen molar-refractivity contribution in [3.05, 3.63) is 42.0 Å². The Morgan fingerprint density at radius 2 is 2.53 bits per heavy atom. The molecule has 2 N–H and O–H groups in total. The minimum absolute atomic E-state index is 0.108. The first kappa shape index (κ1) is 9.51. The maximum atomic E-state index is 11.5. The summed E-state index contributed by atoms with van der Waals surface area (Å²) in [7, 11) is 1.84. The highest BCUT2D eigenvalue weighted by molar-refractivity contribution is 5.92. The summed E-state index contributed by atoms with van der Waals surface area (Å²) in [6.45, 7) is 0.492. The molecule has 0 bridgehead atoms. The maximum absolute atomic E-state index is 11.5. The van der Waals surface area contributed by atoms with Crippen molar-refractivity contribution in [3.63, 3.8) is 0 Å². The first-order valence-electron chi connectivity index (χ1n) is 4.65. The van der Waals surface area contributed by atoms with E-state index in [1.165, 1.54) is 0 Å². The van der Waals surface area contributed by atoms with E-state index in [9.17, 15) is 4.79 Å². The Labute approximate surface area is 87.1 Å². The van der Waals surface area contributed by atoms with Crippen LogP contribution in [0.15, 0.2) is 30.7 Å². The molecular formula is C10H12N4O. The molecule has 0 radical (unpaired) electrons. The molecule has 0 atom stereocenters. The number of nitrogens with one attached hydrogen (secondary N) is 2. The van der Waals surface area contributed by atoms with Crippen molar-refractivity contribution < 1.29 is 4.79 Å². The van der Waals surface area contributed by atoms with Crippen molar-refractivity contribution in [3.8, 4) is 0 Å². The average Bonchev–Trinajstić information content (AvgIpc) is 2.84. The maximum Gasteiger partial charge on any atom is 0.267 e. The van der Waals surface area contributed by atoms with E-state index in [4.69, 9.17) is 0 Å². The Kier molecular flexibility index (Phi) is 2.53. The molecular weight excluding hydrogens is 192 g/mol. The van der Waals surface area contributed by atoms with Gasteiger partial charge in [0.1, 0.15) is 5.69 Å². The number of aromatic amines is 1. The number of H-pyrrole nitrogens is 1. The van der Waals surface area contributed by atoms with Gasteiger partial charge in [-0.2, -0.15) is 5.10 Å². The summed E-state index contributed by atoms with van der Waals surface area (Å²) in [6.07, 6.45) is 5.32. The number of aromatic nitrogens is 3. The number of nitrogens with zero attached hydrogens (tertiary/aromatic N) is 2. The van der Waals surface area contributed by atoms with E-state index < -0.39 is 0 Å². The van der Waals surface area contributed by atoms with Gasteiger partial charge in [-0.1, -0.05) is 0 Å². The molecule has 2 rings (SSSR count). The number of carbonyl (C=O) groups is 1. The first-order valence-corrected chi connectivity index (χ1v) is 4.65. The molecule has 0 aliphatic rings. The van der Waals surface area contributed by atoms with Gasteiger partial charge in [-0.15, -0.1) is 0 Å². The van der Waals surface area contributed by atoms with Crippen molar-refractivity contribution in [1.29, 1.82) is 0 Å². The molecule has 0 unspecified atom stereocenters. The first-order chi connectivity index (χ1) is 7.25. The van der Waals surface area contributed by atoms with Crippen molar-refractivity contribution >= 4 is 5.91 Å². The normalized spacial score (nSPS) is 10.2. The summed E-state index contributed by atoms with van der Waals surface area (Å²) in [5.41, 5.74) is 1.55. The van der Waals surface area contributed by atoms with Crippen molar-refractivity contribution in [2.75, 3.05) is 0 Å². The fourth-order valence-electron chi connectivity index (χ4n) is 1.31. The largest absolute Gasteiger partial charge is 0.357 e. The Morgan fingerprint density at radius 1 is 1.67 bits per heavy atom. The predicted octanol–water partition coefficient (Wildman–Crippen LogP) is 0.678. The highest BCUT2D eigenvalue weighted by Crippen LogP contribution is 1.98. The van der Waals surface area contributed by atoms with Crippen LogP contribution in [0.2, 0.25) is 0 Å². The van der Waals surface area contributed by atoms with Crippen LogP contribution in [0.4, 0.5) is 0 Å². The molecule has 0 fully saturated rings. The zero-order valence-electron chi connectivity index (χ0n) is 8.40. The predicted molar refractivity (Wildman–Crippen MR) is 55.2 cm³/mol. The SMILES string of the molecule is Cn1cc(CNC(=O)c2ccc[nH]2)cn1. The van der Waals surface area contributed by atoms with Gasteiger partial charge in [0, 0.05) is 31.5 Å². The van der Waals surface area contributed by atoms with E-state index in [2.05, 4.69) is 15.4 Å². The summed E-state index contributed by atoms with van der Waals surface area (Å²) >= 11 is 0. The molecule has 2 heterocycles. The van der Waals surface area contributed by atoms with Crippen LogP contribution in [-0.2, 0) is 13.6 Å². The standard InChI is InChI=1S/C10H12N4O/c1-14-7-8(6-13-14)5-12-10(15)9-3-2-4-11-9/h2-4,6-7,11H,5H2,1H3,(H,12,15). The van der Waals surface area contributed by atoms with Gasteiger partial charge < -0.3 is 10.3 Å². The lowest BCUT2D eigenvalue weighted by atomic mass is 10.3. The molecule has 0 saturated heterocycles. The highest BCUT2D eigenvalue weighted by Gasteiger charge is 2.05. The summed E-state index contributed by atoms with van der Waals surface area (Å²) in [5.74, 6) is -0.108. The quantitative estimate of drug-likeness (QED) is 0.772. The van der Waals surface area contributed by atoms with Crippen LogP contribution in [0.1, 0.15) is 16.1 Å². The van der Waals surface area contributed by atoms with Crippen LogP contribution in [0.3, 0.4) is 0 Å². The fraction of sp³-hybridized carbons (Fsp3) is 0.200. The molecule has 0 aromatic carbocycles. The van der Waals surface area contributed by atoms with Crippen LogP contribution in [-0.4, -0.2) is 20.7 Å². The van der Waals surface area contributed by atoms with Crippen LogP contribution >= 0.6 is 0 Å². The zero-order chi connectivity index (χ0) is 10.7. The minimum atomic E-state index is -0.108. The smallest absolute Gasteiger partial charge is 0.267 e. The van der Waals surface area contributed by atoms with Crippen molar-refractivity contribution in [2.24, 2.45) is 7.05 Å². The summed E-state index contributed by atoms with van der Waals surface area (Å²) in [4.78, 5) is 14.4. The van der Waals surface area contributed by atoms with Crippen LogP contribution in [0.25, 0.3) is 0 Å². The average molecular weight is 204 g/mol. The van der Waals surface area contributed by atoms with E-state index in [0.717, 1.165) is 5.56 Å². The molecule has 0 saturated carbocycles. The Hall–Kier alpha value is -2.04.